The van der Waals surface area contributed by atoms with Crippen molar-refractivity contribution in [3.8, 4) is 6.07 Å². The van der Waals surface area contributed by atoms with E-state index in [9.17, 15) is 4.79 Å². The maximum atomic E-state index is 11.2. The molecule has 4 heteroatoms. The summed E-state index contributed by atoms with van der Waals surface area (Å²) < 4.78 is 0. The third-order valence-corrected chi connectivity index (χ3v) is 2.31. The average Bonchev–Trinajstić information content (AvgIpc) is 2.07. The fourth-order valence-corrected chi connectivity index (χ4v) is 1.16. The van der Waals surface area contributed by atoms with E-state index < -0.39 is 0 Å². The zero-order valence-corrected chi connectivity index (χ0v) is 7.84. The molecule has 1 aliphatic carbocycles. The Morgan fingerprint density at radius 2 is 2.38 bits per heavy atom. The van der Waals surface area contributed by atoms with Crippen LogP contribution < -0.4 is 10.6 Å². The van der Waals surface area contributed by atoms with Crippen LogP contribution in [0, 0.1) is 11.3 Å². The number of nitrogens with zero attached hydrogens (tertiary/aromatic N) is 1. The lowest BCUT2D eigenvalue weighted by atomic mass is 9.93. The molecule has 1 aliphatic rings. The van der Waals surface area contributed by atoms with E-state index in [1.165, 1.54) is 6.42 Å². The van der Waals surface area contributed by atoms with E-state index in [1.807, 2.05) is 13.0 Å². The van der Waals surface area contributed by atoms with Crippen molar-refractivity contribution in [2.45, 2.75) is 44.7 Å². The van der Waals surface area contributed by atoms with E-state index >= 15 is 0 Å². The molecule has 0 aliphatic heterocycles. The molecule has 1 fully saturated rings. The molecule has 1 rings (SSSR count). The van der Waals surface area contributed by atoms with Gasteiger partial charge in [-0.05, 0) is 25.7 Å². The minimum atomic E-state index is -0.361. The van der Waals surface area contributed by atoms with E-state index in [-0.39, 0.29) is 12.1 Å². The summed E-state index contributed by atoms with van der Waals surface area (Å²) in [6, 6.07) is 1.78. The summed E-state index contributed by atoms with van der Waals surface area (Å²) in [7, 11) is 0. The molecule has 0 heterocycles. The molecule has 13 heavy (non-hydrogen) atoms. The predicted octanol–water partition coefficient (Wildman–Crippen LogP) is 1.14. The van der Waals surface area contributed by atoms with E-state index in [0.717, 1.165) is 12.8 Å². The second-order valence-electron chi connectivity index (χ2n) is 3.34. The summed E-state index contributed by atoms with van der Waals surface area (Å²) in [5.41, 5.74) is 0. The van der Waals surface area contributed by atoms with E-state index in [1.54, 1.807) is 0 Å². The second kappa shape index (κ2) is 4.70. The number of carbonyl (C=O) groups excluding carboxylic acids is 1. The number of carbonyl (C=O) groups is 1. The van der Waals surface area contributed by atoms with Crippen molar-refractivity contribution in [2.24, 2.45) is 0 Å². The number of rotatable bonds is 3. The third-order valence-electron chi connectivity index (χ3n) is 2.31. The van der Waals surface area contributed by atoms with Crippen LogP contribution in [0.2, 0.25) is 0 Å². The van der Waals surface area contributed by atoms with Gasteiger partial charge in [-0.3, -0.25) is 0 Å². The number of urea groups is 1. The number of nitriles is 1. The molecule has 0 aromatic rings. The fraction of sp³-hybridized carbons (Fsp3) is 0.778. The van der Waals surface area contributed by atoms with Gasteiger partial charge in [0.15, 0.2) is 0 Å². The zero-order valence-electron chi connectivity index (χ0n) is 7.84. The zero-order chi connectivity index (χ0) is 9.68. The molecule has 0 spiro atoms. The van der Waals surface area contributed by atoms with Crippen molar-refractivity contribution in [1.82, 2.24) is 10.6 Å². The first-order valence-corrected chi connectivity index (χ1v) is 4.73. The highest BCUT2D eigenvalue weighted by atomic mass is 16.2. The van der Waals surface area contributed by atoms with Crippen LogP contribution in [0.15, 0.2) is 0 Å². The first kappa shape index (κ1) is 9.85. The van der Waals surface area contributed by atoms with Gasteiger partial charge < -0.3 is 10.6 Å². The van der Waals surface area contributed by atoms with Gasteiger partial charge in [0.1, 0.15) is 6.04 Å². The van der Waals surface area contributed by atoms with E-state index in [0.29, 0.717) is 12.5 Å². The first-order chi connectivity index (χ1) is 6.26. The predicted molar refractivity (Wildman–Crippen MR) is 49.0 cm³/mol. The van der Waals surface area contributed by atoms with Gasteiger partial charge in [0.25, 0.3) is 0 Å². The lowest BCUT2D eigenvalue weighted by molar-refractivity contribution is 0.226. The number of hydrogen-bond donors (Lipinski definition) is 2. The Balaban J connectivity index is 2.19. The number of nitrogens with one attached hydrogen (secondary N) is 2. The average molecular weight is 181 g/mol. The Hall–Kier alpha value is -1.24. The highest BCUT2D eigenvalue weighted by Gasteiger charge is 2.20. The van der Waals surface area contributed by atoms with Gasteiger partial charge in [0.2, 0.25) is 0 Å². The van der Waals surface area contributed by atoms with Gasteiger partial charge in [-0.2, -0.15) is 5.26 Å². The van der Waals surface area contributed by atoms with Crippen molar-refractivity contribution in [1.29, 1.82) is 5.26 Å². The van der Waals surface area contributed by atoms with Crippen LogP contribution in [0.25, 0.3) is 0 Å². The lowest BCUT2D eigenvalue weighted by Gasteiger charge is -2.26. The standard InChI is InChI=1S/C9H15N3O/c1-2-7(6-10)11-9(13)12-8-4-3-5-8/h7-8H,2-5H2,1H3,(H2,11,12,13). The summed E-state index contributed by atoms with van der Waals surface area (Å²) in [6.45, 7) is 1.87. The Bertz CT molecular complexity index is 217. The molecule has 0 bridgehead atoms. The highest BCUT2D eigenvalue weighted by Crippen LogP contribution is 2.17. The van der Waals surface area contributed by atoms with Crippen LogP contribution in [-0.4, -0.2) is 18.1 Å². The molecule has 72 valence electrons. The molecule has 2 N–H and O–H groups in total. The van der Waals surface area contributed by atoms with Crippen molar-refractivity contribution in [2.75, 3.05) is 0 Å². The van der Waals surface area contributed by atoms with Gasteiger partial charge in [-0.1, -0.05) is 6.92 Å². The number of hydrogen-bond acceptors (Lipinski definition) is 2. The summed E-state index contributed by atoms with van der Waals surface area (Å²) in [5, 5.41) is 14.0. The van der Waals surface area contributed by atoms with Crippen LogP contribution in [0.5, 0.6) is 0 Å². The lowest BCUT2D eigenvalue weighted by Crippen LogP contribution is -2.47. The first-order valence-electron chi connectivity index (χ1n) is 4.73. The van der Waals surface area contributed by atoms with E-state index in [2.05, 4.69) is 10.6 Å². The summed E-state index contributed by atoms with van der Waals surface area (Å²) in [5.74, 6) is 0. The molecule has 1 saturated carbocycles. The van der Waals surface area contributed by atoms with Crippen LogP contribution in [-0.2, 0) is 0 Å². The number of amides is 2. The molecule has 0 saturated heterocycles. The second-order valence-corrected chi connectivity index (χ2v) is 3.34. The summed E-state index contributed by atoms with van der Waals surface area (Å²) in [6.07, 6.45) is 3.97. The summed E-state index contributed by atoms with van der Waals surface area (Å²) in [4.78, 5) is 11.2. The monoisotopic (exact) mass is 181 g/mol. The van der Waals surface area contributed by atoms with Gasteiger partial charge in [0, 0.05) is 6.04 Å². The van der Waals surface area contributed by atoms with Crippen LogP contribution >= 0.6 is 0 Å². The third kappa shape index (κ3) is 2.94. The quantitative estimate of drug-likeness (QED) is 0.685. The fourth-order valence-electron chi connectivity index (χ4n) is 1.16. The molecule has 2 amide bonds. The maximum absolute atomic E-state index is 11.2. The Labute approximate surface area is 78.3 Å². The summed E-state index contributed by atoms with van der Waals surface area (Å²) >= 11 is 0. The Kier molecular flexibility index (Phi) is 3.56. The largest absolute Gasteiger partial charge is 0.335 e. The van der Waals surface area contributed by atoms with Gasteiger partial charge in [0.05, 0.1) is 6.07 Å². The van der Waals surface area contributed by atoms with Gasteiger partial charge in [-0.15, -0.1) is 0 Å². The highest BCUT2D eigenvalue weighted by molar-refractivity contribution is 5.75. The normalized spacial score (nSPS) is 18.2. The molecular formula is C9H15N3O. The van der Waals surface area contributed by atoms with Crippen molar-refractivity contribution in [3.05, 3.63) is 0 Å². The van der Waals surface area contributed by atoms with Crippen LogP contribution in [0.1, 0.15) is 32.6 Å². The minimum absolute atomic E-state index is 0.210. The van der Waals surface area contributed by atoms with Crippen molar-refractivity contribution in [3.63, 3.8) is 0 Å². The molecule has 1 atom stereocenters. The molecular weight excluding hydrogens is 166 g/mol. The van der Waals surface area contributed by atoms with Gasteiger partial charge >= 0.3 is 6.03 Å². The Morgan fingerprint density at radius 1 is 1.69 bits per heavy atom. The maximum Gasteiger partial charge on any atom is 0.316 e. The molecule has 1 unspecified atom stereocenters. The van der Waals surface area contributed by atoms with Crippen LogP contribution in [0.4, 0.5) is 4.79 Å². The molecule has 0 aromatic heterocycles. The molecule has 4 nitrogen and oxygen atoms in total. The SMILES string of the molecule is CCC(C#N)NC(=O)NC1CCC1. The Morgan fingerprint density at radius 3 is 2.77 bits per heavy atom. The molecule has 0 aromatic carbocycles. The minimum Gasteiger partial charge on any atom is -0.335 e. The topological polar surface area (TPSA) is 64.9 Å². The molecule has 0 radical (unpaired) electrons. The smallest absolute Gasteiger partial charge is 0.316 e. The van der Waals surface area contributed by atoms with Crippen molar-refractivity contribution < 1.29 is 4.79 Å². The van der Waals surface area contributed by atoms with Crippen molar-refractivity contribution >= 4 is 6.03 Å². The van der Waals surface area contributed by atoms with E-state index in [4.69, 9.17) is 5.26 Å². The van der Waals surface area contributed by atoms with Crippen LogP contribution in [0.3, 0.4) is 0 Å². The van der Waals surface area contributed by atoms with Gasteiger partial charge in [-0.25, -0.2) is 4.79 Å².